The third-order valence-electron chi connectivity index (χ3n) is 2.92. The van der Waals surface area contributed by atoms with Crippen LogP contribution in [-0.4, -0.2) is 56.9 Å². The maximum Gasteiger partial charge on any atom is 0.223 e. The molecule has 0 bridgehead atoms. The highest BCUT2D eigenvalue weighted by molar-refractivity contribution is 7.91. The Balaban J connectivity index is 2.40. The summed E-state index contributed by atoms with van der Waals surface area (Å²) in [6.07, 6.45) is 1.01. The lowest BCUT2D eigenvalue weighted by Gasteiger charge is -2.23. The fourth-order valence-electron chi connectivity index (χ4n) is 1.83. The van der Waals surface area contributed by atoms with Gasteiger partial charge in [-0.25, -0.2) is 8.42 Å². The minimum Gasteiger partial charge on any atom is -0.342 e. The molecule has 1 saturated heterocycles. The van der Waals surface area contributed by atoms with Gasteiger partial charge >= 0.3 is 0 Å². The van der Waals surface area contributed by atoms with Gasteiger partial charge in [0.25, 0.3) is 0 Å². The molecule has 1 amide bonds. The van der Waals surface area contributed by atoms with Crippen LogP contribution in [0.15, 0.2) is 0 Å². The Morgan fingerprint density at radius 1 is 1.50 bits per heavy atom. The topological polar surface area (TPSA) is 66.5 Å². The molecule has 1 N–H and O–H groups in total. The van der Waals surface area contributed by atoms with Gasteiger partial charge in [-0.1, -0.05) is 6.92 Å². The van der Waals surface area contributed by atoms with Crippen LogP contribution < -0.4 is 5.32 Å². The van der Waals surface area contributed by atoms with Crippen molar-refractivity contribution in [2.24, 2.45) is 0 Å². The predicted octanol–water partition coefficient (Wildman–Crippen LogP) is -0.368. The van der Waals surface area contributed by atoms with Crippen LogP contribution in [0.3, 0.4) is 0 Å². The van der Waals surface area contributed by atoms with Crippen molar-refractivity contribution in [2.45, 2.75) is 25.8 Å². The largest absolute Gasteiger partial charge is 0.342 e. The van der Waals surface area contributed by atoms with E-state index in [0.717, 1.165) is 6.54 Å². The van der Waals surface area contributed by atoms with Crippen LogP contribution in [0.2, 0.25) is 0 Å². The van der Waals surface area contributed by atoms with Gasteiger partial charge < -0.3 is 10.2 Å². The van der Waals surface area contributed by atoms with E-state index in [9.17, 15) is 13.2 Å². The number of hydrogen-bond acceptors (Lipinski definition) is 4. The van der Waals surface area contributed by atoms with Gasteiger partial charge in [-0.3, -0.25) is 4.79 Å². The first-order valence-electron chi connectivity index (χ1n) is 5.63. The van der Waals surface area contributed by atoms with Crippen LogP contribution in [0, 0.1) is 0 Å². The summed E-state index contributed by atoms with van der Waals surface area (Å²) in [4.78, 5) is 13.3. The average molecular weight is 248 g/mol. The molecular formula is C10H20N2O3S. The number of sulfone groups is 1. The SMILES string of the molecule is CCNCCC(=O)N(C)C1CCS(=O)(=O)C1. The van der Waals surface area contributed by atoms with E-state index in [1.54, 1.807) is 11.9 Å². The van der Waals surface area contributed by atoms with E-state index in [0.29, 0.717) is 19.4 Å². The minimum atomic E-state index is -2.91. The zero-order chi connectivity index (χ0) is 12.2. The Morgan fingerprint density at radius 3 is 2.69 bits per heavy atom. The first-order chi connectivity index (χ1) is 7.46. The van der Waals surface area contributed by atoms with Gasteiger partial charge in [0.2, 0.25) is 5.91 Å². The van der Waals surface area contributed by atoms with E-state index < -0.39 is 9.84 Å². The van der Waals surface area contributed by atoms with E-state index in [1.165, 1.54) is 0 Å². The Kier molecular flexibility index (Phi) is 4.73. The van der Waals surface area contributed by atoms with Crippen molar-refractivity contribution in [2.75, 3.05) is 31.6 Å². The zero-order valence-corrected chi connectivity index (χ0v) is 10.7. The molecule has 1 fully saturated rings. The molecule has 0 aromatic rings. The number of rotatable bonds is 5. The summed E-state index contributed by atoms with van der Waals surface area (Å²) in [6, 6.07) is -0.126. The number of nitrogens with one attached hydrogen (secondary N) is 1. The molecule has 0 saturated carbocycles. The van der Waals surface area contributed by atoms with Crippen LogP contribution in [0.1, 0.15) is 19.8 Å². The van der Waals surface area contributed by atoms with Crippen molar-refractivity contribution >= 4 is 15.7 Å². The summed E-state index contributed by atoms with van der Waals surface area (Å²) in [5.74, 6) is 0.349. The van der Waals surface area contributed by atoms with Crippen molar-refractivity contribution in [3.63, 3.8) is 0 Å². The van der Waals surface area contributed by atoms with Crippen LogP contribution in [-0.2, 0) is 14.6 Å². The summed E-state index contributed by atoms with van der Waals surface area (Å²) in [7, 11) is -1.21. The van der Waals surface area contributed by atoms with E-state index in [4.69, 9.17) is 0 Å². The molecule has 1 atom stereocenters. The predicted molar refractivity (Wildman–Crippen MR) is 63.0 cm³/mol. The molecule has 1 unspecified atom stereocenters. The normalized spacial score (nSPS) is 23.2. The van der Waals surface area contributed by atoms with Crippen LogP contribution >= 0.6 is 0 Å². The maximum absolute atomic E-state index is 11.7. The van der Waals surface area contributed by atoms with Crippen molar-refractivity contribution in [3.05, 3.63) is 0 Å². The van der Waals surface area contributed by atoms with Gasteiger partial charge in [-0.15, -0.1) is 0 Å². The molecule has 6 heteroatoms. The number of nitrogens with zero attached hydrogens (tertiary/aromatic N) is 1. The molecule has 5 nitrogen and oxygen atoms in total. The highest BCUT2D eigenvalue weighted by atomic mass is 32.2. The lowest BCUT2D eigenvalue weighted by Crippen LogP contribution is -2.39. The quantitative estimate of drug-likeness (QED) is 0.674. The maximum atomic E-state index is 11.7. The molecule has 1 aliphatic rings. The fourth-order valence-corrected chi connectivity index (χ4v) is 3.61. The Bertz CT molecular complexity index is 340. The molecule has 1 rings (SSSR count). The first kappa shape index (κ1) is 13.4. The number of hydrogen-bond donors (Lipinski definition) is 1. The molecule has 0 spiro atoms. The third kappa shape index (κ3) is 3.75. The second kappa shape index (κ2) is 5.63. The first-order valence-corrected chi connectivity index (χ1v) is 7.45. The number of amides is 1. The second-order valence-electron chi connectivity index (χ2n) is 4.17. The minimum absolute atomic E-state index is 0.0167. The van der Waals surface area contributed by atoms with Gasteiger partial charge in [0, 0.05) is 26.1 Å². The fraction of sp³-hybridized carbons (Fsp3) is 0.900. The zero-order valence-electron chi connectivity index (χ0n) is 9.90. The van der Waals surface area contributed by atoms with Crippen LogP contribution in [0.5, 0.6) is 0 Å². The van der Waals surface area contributed by atoms with Crippen molar-refractivity contribution in [1.29, 1.82) is 0 Å². The molecule has 94 valence electrons. The highest BCUT2D eigenvalue weighted by Gasteiger charge is 2.32. The van der Waals surface area contributed by atoms with E-state index in [2.05, 4.69) is 5.32 Å². The summed E-state index contributed by atoms with van der Waals surface area (Å²) in [6.45, 7) is 3.48. The summed E-state index contributed by atoms with van der Waals surface area (Å²) < 4.78 is 22.6. The van der Waals surface area contributed by atoms with Gasteiger partial charge in [-0.05, 0) is 13.0 Å². The second-order valence-corrected chi connectivity index (χ2v) is 6.39. The monoisotopic (exact) mass is 248 g/mol. The molecule has 0 aliphatic carbocycles. The van der Waals surface area contributed by atoms with Gasteiger partial charge in [0.05, 0.1) is 11.5 Å². The smallest absolute Gasteiger partial charge is 0.223 e. The molecule has 1 aliphatic heterocycles. The van der Waals surface area contributed by atoms with Gasteiger partial charge in [0.1, 0.15) is 0 Å². The Morgan fingerprint density at radius 2 is 2.19 bits per heavy atom. The van der Waals surface area contributed by atoms with Crippen molar-refractivity contribution in [3.8, 4) is 0 Å². The Labute approximate surface area is 97.1 Å². The van der Waals surface area contributed by atoms with E-state index in [1.807, 2.05) is 6.92 Å². The summed E-state index contributed by atoms with van der Waals surface area (Å²) in [5, 5.41) is 3.08. The number of carbonyl (C=O) groups is 1. The third-order valence-corrected chi connectivity index (χ3v) is 4.67. The summed E-state index contributed by atoms with van der Waals surface area (Å²) >= 11 is 0. The molecule has 16 heavy (non-hydrogen) atoms. The van der Waals surface area contributed by atoms with Gasteiger partial charge in [0.15, 0.2) is 9.84 Å². The number of carbonyl (C=O) groups excluding carboxylic acids is 1. The van der Waals surface area contributed by atoms with Crippen LogP contribution in [0.25, 0.3) is 0 Å². The van der Waals surface area contributed by atoms with E-state index in [-0.39, 0.29) is 23.5 Å². The van der Waals surface area contributed by atoms with Gasteiger partial charge in [-0.2, -0.15) is 0 Å². The highest BCUT2D eigenvalue weighted by Crippen LogP contribution is 2.16. The molecule has 0 aromatic carbocycles. The van der Waals surface area contributed by atoms with E-state index >= 15 is 0 Å². The van der Waals surface area contributed by atoms with Crippen LogP contribution in [0.4, 0.5) is 0 Å². The molecule has 1 heterocycles. The molecular weight excluding hydrogens is 228 g/mol. The molecule has 0 radical (unpaired) electrons. The van der Waals surface area contributed by atoms with Crippen molar-refractivity contribution < 1.29 is 13.2 Å². The standard InChI is InChI=1S/C10H20N2O3S/c1-3-11-6-4-10(13)12(2)9-5-7-16(14,15)8-9/h9,11H,3-8H2,1-2H3. The molecule has 0 aromatic heterocycles. The average Bonchev–Trinajstić information content (AvgIpc) is 2.58. The Hall–Kier alpha value is -0.620. The summed E-state index contributed by atoms with van der Waals surface area (Å²) in [5.41, 5.74) is 0. The van der Waals surface area contributed by atoms with Crippen molar-refractivity contribution in [1.82, 2.24) is 10.2 Å². The lowest BCUT2D eigenvalue weighted by atomic mass is 10.2. The lowest BCUT2D eigenvalue weighted by molar-refractivity contribution is -0.131.